The summed E-state index contributed by atoms with van der Waals surface area (Å²) in [6.45, 7) is 6.28. The molecule has 1 aromatic carbocycles. The maximum absolute atomic E-state index is 12.3. The lowest BCUT2D eigenvalue weighted by atomic mass is 10.0. The van der Waals surface area contributed by atoms with E-state index >= 15 is 0 Å². The van der Waals surface area contributed by atoms with Crippen molar-refractivity contribution >= 4 is 29.2 Å². The average molecular weight is 332 g/mol. The van der Waals surface area contributed by atoms with Crippen molar-refractivity contribution in [1.82, 2.24) is 5.32 Å². The van der Waals surface area contributed by atoms with Crippen molar-refractivity contribution in [2.45, 2.75) is 39.7 Å². The third-order valence-corrected chi connectivity index (χ3v) is 4.08. The highest BCUT2D eigenvalue weighted by molar-refractivity contribution is 5.99. The van der Waals surface area contributed by atoms with E-state index < -0.39 is 12.1 Å². The number of hydrogen-bond donors (Lipinski definition) is 3. The first-order valence-corrected chi connectivity index (χ1v) is 8.07. The number of amides is 4. The monoisotopic (exact) mass is 332 g/mol. The number of anilines is 2. The van der Waals surface area contributed by atoms with Gasteiger partial charge in [-0.25, -0.2) is 4.79 Å². The van der Waals surface area contributed by atoms with Crippen LogP contribution < -0.4 is 21.3 Å². The van der Waals surface area contributed by atoms with Gasteiger partial charge >= 0.3 is 6.03 Å². The Morgan fingerprint density at radius 3 is 2.50 bits per heavy atom. The smallest absolute Gasteiger partial charge is 0.312 e. The predicted molar refractivity (Wildman–Crippen MR) is 92.7 cm³/mol. The number of carbonyl (C=O) groups excluding carboxylic acids is 3. The zero-order chi connectivity index (χ0) is 17.9. The molecular weight excluding hydrogens is 308 g/mol. The van der Waals surface area contributed by atoms with Gasteiger partial charge in [-0.1, -0.05) is 13.8 Å². The lowest BCUT2D eigenvalue weighted by molar-refractivity contribution is -0.119. The van der Waals surface area contributed by atoms with Gasteiger partial charge in [-0.3, -0.25) is 9.59 Å². The van der Waals surface area contributed by atoms with E-state index in [9.17, 15) is 14.4 Å². The molecule has 0 aromatic heterocycles. The number of nitrogens with two attached hydrogens (primary N) is 1. The van der Waals surface area contributed by atoms with Crippen molar-refractivity contribution in [2.75, 3.05) is 16.8 Å². The molecule has 130 valence electrons. The molecule has 4 N–H and O–H groups in total. The molecule has 1 aromatic rings. The topological polar surface area (TPSA) is 105 Å². The maximum atomic E-state index is 12.3. The molecule has 4 amide bonds. The normalized spacial score (nSPS) is 15.5. The summed E-state index contributed by atoms with van der Waals surface area (Å²) in [7, 11) is 0. The molecule has 1 unspecified atom stereocenters. The van der Waals surface area contributed by atoms with E-state index in [4.69, 9.17) is 5.73 Å². The molecule has 1 heterocycles. The maximum Gasteiger partial charge on any atom is 0.312 e. The Morgan fingerprint density at radius 1 is 1.29 bits per heavy atom. The van der Waals surface area contributed by atoms with Crippen molar-refractivity contribution in [3.05, 3.63) is 23.8 Å². The Hall–Kier alpha value is -2.57. The standard InChI is InChI=1S/C17H24N4O3/c1-10(2)15(20-17(18)24)16(23)19-12-6-7-13(11(3)9-12)21-8-4-5-14(21)22/h6-7,9-10,15H,4-5,8H2,1-3H3,(H,19,23)(H3,18,20,24). The van der Waals surface area contributed by atoms with Crippen LogP contribution in [0.1, 0.15) is 32.3 Å². The highest BCUT2D eigenvalue weighted by Crippen LogP contribution is 2.27. The summed E-state index contributed by atoms with van der Waals surface area (Å²) in [5, 5.41) is 5.24. The third-order valence-electron chi connectivity index (χ3n) is 4.08. The van der Waals surface area contributed by atoms with E-state index in [2.05, 4.69) is 10.6 Å². The summed E-state index contributed by atoms with van der Waals surface area (Å²) in [5.74, 6) is -0.297. The molecule has 0 aliphatic carbocycles. The third kappa shape index (κ3) is 4.04. The molecule has 7 heteroatoms. The van der Waals surface area contributed by atoms with Gasteiger partial charge in [-0.05, 0) is 43.0 Å². The Bertz CT molecular complexity index is 657. The molecule has 1 aliphatic rings. The molecule has 0 bridgehead atoms. The molecular formula is C17H24N4O3. The lowest BCUT2D eigenvalue weighted by Gasteiger charge is -2.22. The molecule has 1 saturated heterocycles. The zero-order valence-corrected chi connectivity index (χ0v) is 14.3. The van der Waals surface area contributed by atoms with Crippen LogP contribution in [-0.2, 0) is 9.59 Å². The van der Waals surface area contributed by atoms with E-state index in [1.165, 1.54) is 0 Å². The minimum Gasteiger partial charge on any atom is -0.352 e. The first-order chi connectivity index (χ1) is 11.3. The SMILES string of the molecule is Cc1cc(NC(=O)C(NC(N)=O)C(C)C)ccc1N1CCCC1=O. The van der Waals surface area contributed by atoms with Gasteiger partial charge in [0.1, 0.15) is 6.04 Å². The van der Waals surface area contributed by atoms with Crippen LogP contribution in [0, 0.1) is 12.8 Å². The van der Waals surface area contributed by atoms with Crippen LogP contribution in [0.3, 0.4) is 0 Å². The summed E-state index contributed by atoms with van der Waals surface area (Å²) >= 11 is 0. The molecule has 2 rings (SSSR count). The molecule has 1 fully saturated rings. The fourth-order valence-corrected chi connectivity index (χ4v) is 2.85. The summed E-state index contributed by atoms with van der Waals surface area (Å²) in [5.41, 5.74) is 7.51. The van der Waals surface area contributed by atoms with Crippen LogP contribution in [0.4, 0.5) is 16.2 Å². The number of urea groups is 1. The minimum atomic E-state index is -0.733. The van der Waals surface area contributed by atoms with Crippen molar-refractivity contribution < 1.29 is 14.4 Å². The molecule has 0 radical (unpaired) electrons. The molecule has 1 aliphatic heterocycles. The van der Waals surface area contributed by atoms with E-state index in [0.717, 1.165) is 24.2 Å². The largest absolute Gasteiger partial charge is 0.352 e. The fraction of sp³-hybridized carbons (Fsp3) is 0.471. The van der Waals surface area contributed by atoms with Crippen LogP contribution >= 0.6 is 0 Å². The number of carbonyl (C=O) groups is 3. The van der Waals surface area contributed by atoms with Gasteiger partial charge in [0.15, 0.2) is 0 Å². The number of hydrogen-bond acceptors (Lipinski definition) is 3. The zero-order valence-electron chi connectivity index (χ0n) is 14.3. The summed E-state index contributed by atoms with van der Waals surface area (Å²) in [6.07, 6.45) is 1.44. The number of nitrogens with zero attached hydrogens (tertiary/aromatic N) is 1. The number of nitrogens with one attached hydrogen (secondary N) is 2. The number of aryl methyl sites for hydroxylation is 1. The van der Waals surface area contributed by atoms with Gasteiger partial charge < -0.3 is 21.3 Å². The summed E-state index contributed by atoms with van der Waals surface area (Å²) < 4.78 is 0. The van der Waals surface area contributed by atoms with Gasteiger partial charge in [0, 0.05) is 24.3 Å². The van der Waals surface area contributed by atoms with Gasteiger partial charge in [0.05, 0.1) is 0 Å². The van der Waals surface area contributed by atoms with Crippen molar-refractivity contribution in [1.29, 1.82) is 0 Å². The summed E-state index contributed by atoms with van der Waals surface area (Å²) in [4.78, 5) is 37.0. The van der Waals surface area contributed by atoms with E-state index in [0.29, 0.717) is 12.1 Å². The van der Waals surface area contributed by atoms with E-state index in [-0.39, 0.29) is 17.7 Å². The van der Waals surface area contributed by atoms with Crippen molar-refractivity contribution in [3.63, 3.8) is 0 Å². The lowest BCUT2D eigenvalue weighted by Crippen LogP contribution is -2.49. The Labute approximate surface area is 141 Å². The molecule has 0 saturated carbocycles. The Balaban J connectivity index is 2.12. The molecule has 24 heavy (non-hydrogen) atoms. The quantitative estimate of drug-likeness (QED) is 0.765. The highest BCUT2D eigenvalue weighted by atomic mass is 16.2. The first-order valence-electron chi connectivity index (χ1n) is 8.07. The minimum absolute atomic E-state index is 0.0971. The Kier molecular flexibility index (Phi) is 5.43. The second kappa shape index (κ2) is 7.33. The van der Waals surface area contributed by atoms with Crippen LogP contribution in [-0.4, -0.2) is 30.4 Å². The fourth-order valence-electron chi connectivity index (χ4n) is 2.85. The van der Waals surface area contributed by atoms with Gasteiger partial charge in [0.2, 0.25) is 11.8 Å². The van der Waals surface area contributed by atoms with Gasteiger partial charge in [-0.2, -0.15) is 0 Å². The number of benzene rings is 1. The van der Waals surface area contributed by atoms with Crippen molar-refractivity contribution in [2.24, 2.45) is 11.7 Å². The second-order valence-corrected chi connectivity index (χ2v) is 6.37. The van der Waals surface area contributed by atoms with E-state index in [1.807, 2.05) is 32.9 Å². The first kappa shape index (κ1) is 17.8. The van der Waals surface area contributed by atoms with E-state index in [1.54, 1.807) is 11.0 Å². The van der Waals surface area contributed by atoms with Crippen LogP contribution in [0.2, 0.25) is 0 Å². The van der Waals surface area contributed by atoms with Gasteiger partial charge in [0.25, 0.3) is 0 Å². The molecule has 7 nitrogen and oxygen atoms in total. The second-order valence-electron chi connectivity index (χ2n) is 6.37. The number of primary amides is 1. The Morgan fingerprint density at radius 2 is 2.00 bits per heavy atom. The molecule has 0 spiro atoms. The molecule has 1 atom stereocenters. The summed E-state index contributed by atoms with van der Waals surface area (Å²) in [6, 6.07) is 3.97. The average Bonchev–Trinajstić information content (AvgIpc) is 2.90. The van der Waals surface area contributed by atoms with Crippen LogP contribution in [0.25, 0.3) is 0 Å². The van der Waals surface area contributed by atoms with Crippen molar-refractivity contribution in [3.8, 4) is 0 Å². The van der Waals surface area contributed by atoms with Crippen LogP contribution in [0.15, 0.2) is 18.2 Å². The van der Waals surface area contributed by atoms with Crippen LogP contribution in [0.5, 0.6) is 0 Å². The predicted octanol–water partition coefficient (Wildman–Crippen LogP) is 1.75. The highest BCUT2D eigenvalue weighted by Gasteiger charge is 2.25. The van der Waals surface area contributed by atoms with Gasteiger partial charge in [-0.15, -0.1) is 0 Å². The number of rotatable bonds is 5.